The van der Waals surface area contributed by atoms with Gasteiger partial charge in [0.15, 0.2) is 0 Å². The van der Waals surface area contributed by atoms with Gasteiger partial charge in [-0.05, 0) is 26.7 Å². The van der Waals surface area contributed by atoms with E-state index in [-0.39, 0.29) is 29.8 Å². The number of carboxylic acids is 2. The van der Waals surface area contributed by atoms with E-state index in [0.717, 1.165) is 12.8 Å². The van der Waals surface area contributed by atoms with Crippen molar-refractivity contribution in [3.8, 4) is 0 Å². The Labute approximate surface area is 157 Å². The van der Waals surface area contributed by atoms with Crippen LogP contribution in [0, 0.1) is 5.41 Å². The number of hydrogen-bond acceptors (Lipinski definition) is 4. The summed E-state index contributed by atoms with van der Waals surface area (Å²) in [5.41, 5.74) is 0.183. The largest absolute Gasteiger partial charge is 0.478 e. The lowest BCUT2D eigenvalue weighted by Crippen LogP contribution is -2.30. The zero-order valence-electron chi connectivity index (χ0n) is 16.3. The second kappa shape index (κ2) is 15.6. The Hall–Kier alpha value is -1.66. The monoisotopic (exact) mass is 372 g/mol. The standard InChI is InChI=1S/C12H24O2.2C4H6O2/c13-10-12(11-14)8-6-4-2-1-3-5-7-9-12;2*1-3(2)4(5)6/h13-14H,1-11H2;2*1H2,2H3,(H,5,6). The smallest absolute Gasteiger partial charge is 0.330 e. The summed E-state index contributed by atoms with van der Waals surface area (Å²) >= 11 is 0. The molecule has 0 aromatic heterocycles. The van der Waals surface area contributed by atoms with Gasteiger partial charge < -0.3 is 20.4 Å². The summed E-state index contributed by atoms with van der Waals surface area (Å²) in [7, 11) is 0. The fourth-order valence-corrected chi connectivity index (χ4v) is 2.38. The molecule has 1 saturated carbocycles. The first-order chi connectivity index (χ1) is 12.1. The first kappa shape index (κ1) is 26.6. The minimum atomic E-state index is -0.935. The molecule has 0 aromatic carbocycles. The summed E-state index contributed by atoms with van der Waals surface area (Å²) in [5, 5.41) is 34.5. The second-order valence-corrected chi connectivity index (χ2v) is 6.96. The Morgan fingerprint density at radius 3 is 1.15 bits per heavy atom. The van der Waals surface area contributed by atoms with E-state index in [2.05, 4.69) is 13.2 Å². The number of carboxylic acid groups (broad SMARTS) is 2. The number of carbonyl (C=O) groups is 2. The van der Waals surface area contributed by atoms with E-state index in [1.54, 1.807) is 0 Å². The van der Waals surface area contributed by atoms with Gasteiger partial charge in [0.05, 0.1) is 13.2 Å². The van der Waals surface area contributed by atoms with Crippen LogP contribution in [0.4, 0.5) is 0 Å². The molecule has 6 nitrogen and oxygen atoms in total. The Kier molecular flexibility index (Phi) is 15.9. The molecular formula is C20H36O6. The van der Waals surface area contributed by atoms with Crippen molar-refractivity contribution in [2.75, 3.05) is 13.2 Å². The Balaban J connectivity index is 0. The maximum Gasteiger partial charge on any atom is 0.330 e. The van der Waals surface area contributed by atoms with E-state index in [1.807, 2.05) is 0 Å². The Bertz CT molecular complexity index is 378. The van der Waals surface area contributed by atoms with Crippen LogP contribution in [-0.2, 0) is 9.59 Å². The summed E-state index contributed by atoms with van der Waals surface area (Å²) in [4.78, 5) is 19.2. The second-order valence-electron chi connectivity index (χ2n) is 6.96. The lowest BCUT2D eigenvalue weighted by Gasteiger charge is -2.30. The molecule has 26 heavy (non-hydrogen) atoms. The maximum absolute atomic E-state index is 9.60. The van der Waals surface area contributed by atoms with Crippen molar-refractivity contribution < 1.29 is 30.0 Å². The van der Waals surface area contributed by atoms with E-state index in [1.165, 1.54) is 58.8 Å². The number of aliphatic hydroxyl groups is 2. The molecule has 0 heterocycles. The van der Waals surface area contributed by atoms with Crippen molar-refractivity contribution in [3.63, 3.8) is 0 Å². The SMILES string of the molecule is C=C(C)C(=O)O.C=C(C)C(=O)O.OCC1(CO)CCCCCCCCC1. The quantitative estimate of drug-likeness (QED) is 0.558. The third-order valence-corrected chi connectivity index (χ3v) is 4.32. The number of rotatable bonds is 4. The molecule has 6 heteroatoms. The fourth-order valence-electron chi connectivity index (χ4n) is 2.38. The van der Waals surface area contributed by atoms with Crippen molar-refractivity contribution in [1.29, 1.82) is 0 Å². The van der Waals surface area contributed by atoms with Gasteiger partial charge in [-0.1, -0.05) is 58.1 Å². The highest BCUT2D eigenvalue weighted by atomic mass is 16.4. The average Bonchev–Trinajstić information content (AvgIpc) is 2.60. The van der Waals surface area contributed by atoms with Gasteiger partial charge in [-0.3, -0.25) is 0 Å². The molecule has 0 saturated heterocycles. The van der Waals surface area contributed by atoms with Crippen LogP contribution in [-0.4, -0.2) is 45.6 Å². The average molecular weight is 373 g/mol. The van der Waals surface area contributed by atoms with Gasteiger partial charge in [0.1, 0.15) is 0 Å². The van der Waals surface area contributed by atoms with Crippen molar-refractivity contribution in [2.45, 2.75) is 71.6 Å². The molecule has 1 aliphatic carbocycles. The molecule has 1 rings (SSSR count). The predicted octanol–water partition coefficient (Wildman–Crippen LogP) is 3.78. The van der Waals surface area contributed by atoms with Crippen LogP contribution >= 0.6 is 0 Å². The highest BCUT2D eigenvalue weighted by Crippen LogP contribution is 2.32. The van der Waals surface area contributed by atoms with Crippen LogP contribution in [0.3, 0.4) is 0 Å². The minimum absolute atomic E-state index is 0.156. The molecular weight excluding hydrogens is 336 g/mol. The van der Waals surface area contributed by atoms with Crippen LogP contribution in [0.5, 0.6) is 0 Å². The molecule has 0 unspecified atom stereocenters. The van der Waals surface area contributed by atoms with Crippen LogP contribution in [0.25, 0.3) is 0 Å². The molecule has 0 atom stereocenters. The summed E-state index contributed by atoms with van der Waals surface area (Å²) in [6.45, 7) is 9.52. The van der Waals surface area contributed by atoms with Gasteiger partial charge in [0.25, 0.3) is 0 Å². The lowest BCUT2D eigenvalue weighted by atomic mass is 9.78. The zero-order valence-corrected chi connectivity index (χ0v) is 16.3. The lowest BCUT2D eigenvalue weighted by molar-refractivity contribution is -0.133. The molecule has 152 valence electrons. The number of aliphatic hydroxyl groups excluding tert-OH is 2. The van der Waals surface area contributed by atoms with Crippen molar-refractivity contribution in [3.05, 3.63) is 24.3 Å². The Morgan fingerprint density at radius 1 is 0.731 bits per heavy atom. The third kappa shape index (κ3) is 14.7. The summed E-state index contributed by atoms with van der Waals surface area (Å²) < 4.78 is 0. The van der Waals surface area contributed by atoms with Gasteiger partial charge in [0.2, 0.25) is 0 Å². The van der Waals surface area contributed by atoms with E-state index >= 15 is 0 Å². The Morgan fingerprint density at radius 2 is 0.962 bits per heavy atom. The zero-order chi connectivity index (χ0) is 20.6. The minimum Gasteiger partial charge on any atom is -0.478 e. The van der Waals surface area contributed by atoms with Crippen LogP contribution < -0.4 is 0 Å². The molecule has 1 fully saturated rings. The molecule has 0 bridgehead atoms. The highest BCUT2D eigenvalue weighted by molar-refractivity contribution is 5.85. The normalized spacial score (nSPS) is 16.6. The number of hydrogen-bond donors (Lipinski definition) is 4. The van der Waals surface area contributed by atoms with Gasteiger partial charge >= 0.3 is 11.9 Å². The predicted molar refractivity (Wildman–Crippen MR) is 103 cm³/mol. The first-order valence-corrected chi connectivity index (χ1v) is 9.11. The summed E-state index contributed by atoms with van der Waals surface area (Å²) in [6.07, 6.45) is 10.9. The van der Waals surface area contributed by atoms with Gasteiger partial charge in [-0.2, -0.15) is 0 Å². The van der Waals surface area contributed by atoms with Crippen molar-refractivity contribution in [1.82, 2.24) is 0 Å². The van der Waals surface area contributed by atoms with E-state index < -0.39 is 11.9 Å². The van der Waals surface area contributed by atoms with Gasteiger partial charge in [-0.25, -0.2) is 9.59 Å². The fraction of sp³-hybridized carbons (Fsp3) is 0.700. The van der Waals surface area contributed by atoms with Crippen molar-refractivity contribution in [2.24, 2.45) is 5.41 Å². The molecule has 0 spiro atoms. The highest BCUT2D eigenvalue weighted by Gasteiger charge is 2.27. The van der Waals surface area contributed by atoms with Crippen LogP contribution in [0.15, 0.2) is 24.3 Å². The van der Waals surface area contributed by atoms with Gasteiger partial charge in [-0.15, -0.1) is 0 Å². The van der Waals surface area contributed by atoms with E-state index in [9.17, 15) is 19.8 Å². The summed E-state index contributed by atoms with van der Waals surface area (Å²) in [5.74, 6) is -1.87. The molecule has 0 amide bonds. The van der Waals surface area contributed by atoms with Gasteiger partial charge in [0, 0.05) is 16.6 Å². The summed E-state index contributed by atoms with van der Waals surface area (Å²) in [6, 6.07) is 0. The molecule has 4 N–H and O–H groups in total. The molecule has 0 aliphatic heterocycles. The van der Waals surface area contributed by atoms with E-state index in [0.29, 0.717) is 0 Å². The van der Waals surface area contributed by atoms with Crippen LogP contribution in [0.2, 0.25) is 0 Å². The van der Waals surface area contributed by atoms with Crippen LogP contribution in [0.1, 0.15) is 71.6 Å². The molecule has 0 aromatic rings. The maximum atomic E-state index is 9.60. The van der Waals surface area contributed by atoms with Crippen molar-refractivity contribution >= 4 is 11.9 Å². The topological polar surface area (TPSA) is 115 Å². The van der Waals surface area contributed by atoms with E-state index in [4.69, 9.17) is 10.2 Å². The molecule has 0 radical (unpaired) electrons. The molecule has 1 aliphatic rings. The first-order valence-electron chi connectivity index (χ1n) is 9.11. The number of aliphatic carboxylic acids is 2. The third-order valence-electron chi connectivity index (χ3n) is 4.32.